The number of hydrogen-bond donors (Lipinski definition) is 3. The number of nitrogens with two attached hydrogens (primary N) is 2. The molecule has 0 saturated heterocycles. The van der Waals surface area contributed by atoms with Gasteiger partial charge in [-0.1, -0.05) is 12.2 Å². The predicted molar refractivity (Wildman–Crippen MR) is 56.8 cm³/mol. The average molecular weight is 225 g/mol. The summed E-state index contributed by atoms with van der Waals surface area (Å²) in [6, 6.07) is -1.42. The first kappa shape index (κ1) is 12.2. The Bertz CT molecular complexity index is 324. The van der Waals surface area contributed by atoms with Crippen molar-refractivity contribution in [1.82, 2.24) is 5.32 Å². The number of nitrogens with one attached hydrogen (secondary N) is 1. The molecule has 88 valence electrons. The van der Waals surface area contributed by atoms with E-state index in [9.17, 15) is 14.4 Å². The molecule has 0 fully saturated rings. The summed E-state index contributed by atoms with van der Waals surface area (Å²) in [5.74, 6) is -2.11. The van der Waals surface area contributed by atoms with E-state index >= 15 is 0 Å². The minimum Gasteiger partial charge on any atom is -0.367 e. The van der Waals surface area contributed by atoms with Crippen molar-refractivity contribution in [3.05, 3.63) is 12.2 Å². The van der Waals surface area contributed by atoms with Gasteiger partial charge in [0, 0.05) is 6.42 Å². The highest BCUT2D eigenvalue weighted by atomic mass is 16.2. The number of carbonyl (C=O) groups excluding carboxylic acids is 3. The predicted octanol–water partition coefficient (Wildman–Crippen LogP) is -1.20. The molecule has 1 aliphatic carbocycles. The lowest BCUT2D eigenvalue weighted by Gasteiger charge is -2.13. The second-order valence-corrected chi connectivity index (χ2v) is 3.77. The molecule has 3 amide bonds. The van der Waals surface area contributed by atoms with Gasteiger partial charge in [0.1, 0.15) is 0 Å². The van der Waals surface area contributed by atoms with Gasteiger partial charge in [-0.3, -0.25) is 14.4 Å². The molecule has 0 spiro atoms. The minimum absolute atomic E-state index is 0.168. The summed E-state index contributed by atoms with van der Waals surface area (Å²) in [5, 5.41) is 2.22. The second-order valence-electron chi connectivity index (χ2n) is 3.77. The van der Waals surface area contributed by atoms with Crippen LogP contribution in [0.25, 0.3) is 0 Å². The van der Waals surface area contributed by atoms with Crippen LogP contribution in [0.15, 0.2) is 12.2 Å². The number of amides is 3. The molecule has 0 bridgehead atoms. The zero-order valence-corrected chi connectivity index (χ0v) is 8.81. The molecule has 5 N–H and O–H groups in total. The average Bonchev–Trinajstić information content (AvgIpc) is 2.65. The van der Waals surface area contributed by atoms with E-state index < -0.39 is 17.9 Å². The van der Waals surface area contributed by atoms with Gasteiger partial charge in [-0.2, -0.15) is 0 Å². The number of primary amides is 2. The van der Waals surface area contributed by atoms with E-state index in [1.165, 1.54) is 0 Å². The van der Waals surface area contributed by atoms with Crippen LogP contribution in [0.1, 0.15) is 19.3 Å². The zero-order valence-electron chi connectivity index (χ0n) is 8.81. The molecule has 1 atom stereocenters. The molecule has 6 heteroatoms. The topological polar surface area (TPSA) is 115 Å². The van der Waals surface area contributed by atoms with Gasteiger partial charge in [-0.15, -0.1) is 0 Å². The zero-order chi connectivity index (χ0) is 12.1. The molecule has 0 heterocycles. The van der Waals surface area contributed by atoms with Gasteiger partial charge in [0.05, 0.1) is 0 Å². The van der Waals surface area contributed by atoms with E-state index in [1.54, 1.807) is 0 Å². The highest BCUT2D eigenvalue weighted by Crippen LogP contribution is 2.19. The maximum atomic E-state index is 11.5. The SMILES string of the molecule is NC(=O)C(NC(=O)C[C@@H]1C=CCC1)C(N)=O. The Morgan fingerprint density at radius 1 is 1.31 bits per heavy atom. The number of hydrogen-bond acceptors (Lipinski definition) is 3. The molecule has 0 aromatic carbocycles. The summed E-state index contributed by atoms with van der Waals surface area (Å²) >= 11 is 0. The fourth-order valence-corrected chi connectivity index (χ4v) is 1.61. The fraction of sp³-hybridized carbons (Fsp3) is 0.500. The van der Waals surface area contributed by atoms with Crippen LogP contribution in [-0.4, -0.2) is 23.8 Å². The molecule has 0 aromatic rings. The van der Waals surface area contributed by atoms with E-state index in [4.69, 9.17) is 11.5 Å². The van der Waals surface area contributed by atoms with E-state index in [0.717, 1.165) is 12.8 Å². The third-order valence-corrected chi connectivity index (χ3v) is 2.43. The van der Waals surface area contributed by atoms with Gasteiger partial charge in [-0.05, 0) is 18.8 Å². The standard InChI is InChI=1S/C10H15N3O3/c11-9(15)8(10(12)16)13-7(14)5-6-3-1-2-4-6/h1,3,6,8H,2,4-5H2,(H2,11,15)(H2,12,16)(H,13,14)/t6-/m1/s1. The molecule has 0 aromatic heterocycles. The van der Waals surface area contributed by atoms with Gasteiger partial charge in [0.25, 0.3) is 0 Å². The third kappa shape index (κ3) is 3.38. The van der Waals surface area contributed by atoms with Crippen molar-refractivity contribution in [3.8, 4) is 0 Å². The van der Waals surface area contributed by atoms with Crippen LogP contribution in [0.3, 0.4) is 0 Å². The van der Waals surface area contributed by atoms with Crippen molar-refractivity contribution in [2.24, 2.45) is 17.4 Å². The Morgan fingerprint density at radius 2 is 1.94 bits per heavy atom. The maximum Gasteiger partial charge on any atom is 0.249 e. The lowest BCUT2D eigenvalue weighted by Crippen LogP contribution is -2.52. The Hall–Kier alpha value is -1.85. The van der Waals surface area contributed by atoms with Crippen molar-refractivity contribution in [2.75, 3.05) is 0 Å². The molecule has 0 saturated carbocycles. The lowest BCUT2D eigenvalue weighted by atomic mass is 10.0. The smallest absolute Gasteiger partial charge is 0.249 e. The summed E-state index contributed by atoms with van der Waals surface area (Å²) in [4.78, 5) is 33.1. The summed E-state index contributed by atoms with van der Waals surface area (Å²) < 4.78 is 0. The molecule has 0 radical (unpaired) electrons. The van der Waals surface area contributed by atoms with Gasteiger partial charge in [-0.25, -0.2) is 0 Å². The van der Waals surface area contributed by atoms with Gasteiger partial charge in [0.2, 0.25) is 17.7 Å². The monoisotopic (exact) mass is 225 g/mol. The maximum absolute atomic E-state index is 11.5. The molecular formula is C10H15N3O3. The Morgan fingerprint density at radius 3 is 2.38 bits per heavy atom. The summed E-state index contributed by atoms with van der Waals surface area (Å²) in [6.45, 7) is 0. The summed E-state index contributed by atoms with van der Waals surface area (Å²) in [5.41, 5.74) is 9.85. The van der Waals surface area contributed by atoms with Crippen LogP contribution in [0.5, 0.6) is 0 Å². The fourth-order valence-electron chi connectivity index (χ4n) is 1.61. The first-order valence-corrected chi connectivity index (χ1v) is 5.05. The van der Waals surface area contributed by atoms with Crippen molar-refractivity contribution in [3.63, 3.8) is 0 Å². The molecule has 1 rings (SSSR count). The third-order valence-electron chi connectivity index (χ3n) is 2.43. The van der Waals surface area contributed by atoms with Crippen molar-refractivity contribution < 1.29 is 14.4 Å². The second kappa shape index (κ2) is 5.29. The highest BCUT2D eigenvalue weighted by Gasteiger charge is 2.24. The molecular weight excluding hydrogens is 210 g/mol. The number of carbonyl (C=O) groups is 3. The Kier molecular flexibility index (Phi) is 4.04. The van der Waals surface area contributed by atoms with Gasteiger partial charge >= 0.3 is 0 Å². The lowest BCUT2D eigenvalue weighted by molar-refractivity contribution is -0.134. The van der Waals surface area contributed by atoms with E-state index in [2.05, 4.69) is 5.32 Å². The normalized spacial score (nSPS) is 18.7. The van der Waals surface area contributed by atoms with Crippen LogP contribution in [0.4, 0.5) is 0 Å². The van der Waals surface area contributed by atoms with Crippen LogP contribution >= 0.6 is 0 Å². The van der Waals surface area contributed by atoms with Gasteiger partial charge < -0.3 is 16.8 Å². The summed E-state index contributed by atoms with van der Waals surface area (Å²) in [7, 11) is 0. The van der Waals surface area contributed by atoms with E-state index in [1.807, 2.05) is 12.2 Å². The quantitative estimate of drug-likeness (QED) is 0.403. The van der Waals surface area contributed by atoms with Gasteiger partial charge in [0.15, 0.2) is 6.04 Å². The van der Waals surface area contributed by atoms with E-state index in [0.29, 0.717) is 0 Å². The number of allylic oxidation sites excluding steroid dienone is 2. The molecule has 0 unspecified atom stereocenters. The molecule has 1 aliphatic rings. The van der Waals surface area contributed by atoms with Crippen LogP contribution < -0.4 is 16.8 Å². The first-order valence-electron chi connectivity index (χ1n) is 5.05. The molecule has 6 nitrogen and oxygen atoms in total. The van der Waals surface area contributed by atoms with E-state index in [-0.39, 0.29) is 18.2 Å². The largest absolute Gasteiger partial charge is 0.367 e. The van der Waals surface area contributed by atoms with Crippen LogP contribution in [0.2, 0.25) is 0 Å². The number of rotatable bonds is 5. The molecule has 16 heavy (non-hydrogen) atoms. The van der Waals surface area contributed by atoms with Crippen molar-refractivity contribution in [1.29, 1.82) is 0 Å². The first-order chi connectivity index (χ1) is 7.50. The minimum atomic E-state index is -1.42. The Labute approximate surface area is 93.0 Å². The Balaban J connectivity index is 2.45. The van der Waals surface area contributed by atoms with Crippen molar-refractivity contribution in [2.45, 2.75) is 25.3 Å². The summed E-state index contributed by atoms with van der Waals surface area (Å²) in [6.07, 6.45) is 6.05. The highest BCUT2D eigenvalue weighted by molar-refractivity contribution is 6.05. The van der Waals surface area contributed by atoms with Crippen LogP contribution in [-0.2, 0) is 14.4 Å². The van der Waals surface area contributed by atoms with Crippen LogP contribution in [0, 0.1) is 5.92 Å². The van der Waals surface area contributed by atoms with Crippen molar-refractivity contribution >= 4 is 17.7 Å². The molecule has 0 aliphatic heterocycles.